The molecule has 8 nitrogen and oxygen atoms in total. The number of nitrogens with zero attached hydrogens (tertiary/aromatic N) is 6. The van der Waals surface area contributed by atoms with E-state index in [1.54, 1.807) is 24.1 Å². The number of piperazine rings is 1. The van der Waals surface area contributed by atoms with Crippen molar-refractivity contribution in [1.82, 2.24) is 24.6 Å². The third kappa shape index (κ3) is 2.42. The highest BCUT2D eigenvalue weighted by atomic mass is 16.2. The van der Waals surface area contributed by atoms with Gasteiger partial charge in [-0.3, -0.25) is 9.48 Å². The molecule has 0 bridgehead atoms. The lowest BCUT2D eigenvalue weighted by Gasteiger charge is -2.36. The van der Waals surface area contributed by atoms with Gasteiger partial charge in [0.1, 0.15) is 12.1 Å². The lowest BCUT2D eigenvalue weighted by Crippen LogP contribution is -2.52. The second kappa shape index (κ2) is 5.28. The van der Waals surface area contributed by atoms with Gasteiger partial charge in [-0.1, -0.05) is 0 Å². The van der Waals surface area contributed by atoms with Crippen molar-refractivity contribution in [3.8, 4) is 0 Å². The molecule has 1 atom stereocenters. The Morgan fingerprint density at radius 1 is 1.29 bits per heavy atom. The number of aryl methyl sites for hydroxylation is 1. The summed E-state index contributed by atoms with van der Waals surface area (Å²) in [6.45, 7) is 4.51. The van der Waals surface area contributed by atoms with Crippen LogP contribution >= 0.6 is 0 Å². The van der Waals surface area contributed by atoms with Crippen molar-refractivity contribution in [3.63, 3.8) is 0 Å². The zero-order valence-electron chi connectivity index (χ0n) is 12.2. The molecule has 112 valence electrons. The quantitative estimate of drug-likeness (QED) is 0.790. The van der Waals surface area contributed by atoms with E-state index in [1.807, 2.05) is 11.9 Å². The second-order valence-corrected chi connectivity index (χ2v) is 5.30. The smallest absolute Gasteiger partial charge is 0.239 e. The van der Waals surface area contributed by atoms with Gasteiger partial charge < -0.3 is 15.5 Å². The minimum Gasteiger partial charge on any atom is -0.352 e. The Balaban J connectivity index is 1.79. The maximum atomic E-state index is 11.9. The monoisotopic (exact) mass is 289 g/mol. The predicted octanol–water partition coefficient (Wildman–Crippen LogP) is -0.641. The zero-order valence-corrected chi connectivity index (χ0v) is 12.2. The first-order chi connectivity index (χ1) is 10.1. The molecule has 2 N–H and O–H groups in total. The minimum absolute atomic E-state index is 0.00358. The number of nitrogens with two attached hydrogens (primary N) is 1. The van der Waals surface area contributed by atoms with Gasteiger partial charge in [0.2, 0.25) is 5.91 Å². The Morgan fingerprint density at radius 3 is 2.67 bits per heavy atom. The maximum Gasteiger partial charge on any atom is 0.239 e. The van der Waals surface area contributed by atoms with Gasteiger partial charge in [0, 0.05) is 33.2 Å². The molecule has 1 amide bonds. The molecule has 0 aliphatic carbocycles. The van der Waals surface area contributed by atoms with Gasteiger partial charge in [-0.15, -0.1) is 0 Å². The summed E-state index contributed by atoms with van der Waals surface area (Å²) in [6, 6.07) is -0.444. The van der Waals surface area contributed by atoms with Crippen LogP contribution in [0.4, 0.5) is 5.82 Å². The van der Waals surface area contributed by atoms with Gasteiger partial charge >= 0.3 is 0 Å². The maximum absolute atomic E-state index is 11.9. The SMILES string of the molecule is C[C@@H](N)C(=O)N1CCN(c2ncnc3c2cnn3C)CC1. The van der Waals surface area contributed by atoms with Crippen LogP contribution in [0.1, 0.15) is 6.92 Å². The molecule has 1 fully saturated rings. The summed E-state index contributed by atoms with van der Waals surface area (Å²) < 4.78 is 1.73. The molecule has 0 radical (unpaired) electrons. The molecule has 2 aromatic heterocycles. The third-order valence-corrected chi connectivity index (χ3v) is 3.79. The van der Waals surface area contributed by atoms with E-state index in [2.05, 4.69) is 20.0 Å². The summed E-state index contributed by atoms with van der Waals surface area (Å²) >= 11 is 0. The Kier molecular flexibility index (Phi) is 3.46. The van der Waals surface area contributed by atoms with Crippen molar-refractivity contribution >= 4 is 22.8 Å². The molecule has 1 saturated heterocycles. The first kappa shape index (κ1) is 13.7. The van der Waals surface area contributed by atoms with E-state index >= 15 is 0 Å². The Hall–Kier alpha value is -2.22. The van der Waals surface area contributed by atoms with Crippen LogP contribution in [0.3, 0.4) is 0 Å². The second-order valence-electron chi connectivity index (χ2n) is 5.30. The van der Waals surface area contributed by atoms with Crippen LogP contribution in [0.2, 0.25) is 0 Å². The number of aromatic nitrogens is 4. The molecule has 0 unspecified atom stereocenters. The average Bonchev–Trinajstić information content (AvgIpc) is 2.88. The summed E-state index contributed by atoms with van der Waals surface area (Å²) in [5.41, 5.74) is 6.47. The number of carbonyl (C=O) groups is 1. The Morgan fingerprint density at radius 2 is 2.00 bits per heavy atom. The summed E-state index contributed by atoms with van der Waals surface area (Å²) in [4.78, 5) is 24.5. The molecule has 3 rings (SSSR count). The highest BCUT2D eigenvalue weighted by molar-refractivity contribution is 5.87. The van der Waals surface area contributed by atoms with Crippen molar-refractivity contribution in [3.05, 3.63) is 12.5 Å². The molecule has 21 heavy (non-hydrogen) atoms. The average molecular weight is 289 g/mol. The summed E-state index contributed by atoms with van der Waals surface area (Å²) in [5.74, 6) is 0.879. The fraction of sp³-hybridized carbons (Fsp3) is 0.538. The predicted molar refractivity (Wildman–Crippen MR) is 78.7 cm³/mol. The summed E-state index contributed by atoms with van der Waals surface area (Å²) in [5, 5.41) is 5.16. The fourth-order valence-electron chi connectivity index (χ4n) is 2.63. The first-order valence-electron chi connectivity index (χ1n) is 7.00. The van der Waals surface area contributed by atoms with Gasteiger partial charge in [-0.05, 0) is 6.92 Å². The Labute approximate surface area is 122 Å². The van der Waals surface area contributed by atoms with E-state index in [0.717, 1.165) is 29.9 Å². The third-order valence-electron chi connectivity index (χ3n) is 3.79. The fourth-order valence-corrected chi connectivity index (χ4v) is 2.63. The van der Waals surface area contributed by atoms with Crippen molar-refractivity contribution in [2.45, 2.75) is 13.0 Å². The lowest BCUT2D eigenvalue weighted by atomic mass is 10.2. The molecule has 0 saturated carbocycles. The number of amides is 1. The van der Waals surface area contributed by atoms with Crippen LogP contribution in [0, 0.1) is 0 Å². The topological polar surface area (TPSA) is 93.2 Å². The van der Waals surface area contributed by atoms with E-state index in [1.165, 1.54) is 0 Å². The largest absolute Gasteiger partial charge is 0.352 e. The normalized spacial score (nSPS) is 17.3. The van der Waals surface area contributed by atoms with E-state index in [9.17, 15) is 4.79 Å². The van der Waals surface area contributed by atoms with Crippen LogP contribution in [0.25, 0.3) is 11.0 Å². The number of hydrogen-bond donors (Lipinski definition) is 1. The van der Waals surface area contributed by atoms with Crippen molar-refractivity contribution < 1.29 is 4.79 Å². The molecule has 8 heteroatoms. The zero-order chi connectivity index (χ0) is 15.0. The highest BCUT2D eigenvalue weighted by Gasteiger charge is 2.25. The van der Waals surface area contributed by atoms with E-state index in [0.29, 0.717) is 13.1 Å². The van der Waals surface area contributed by atoms with Crippen LogP contribution < -0.4 is 10.6 Å². The number of carbonyl (C=O) groups excluding carboxylic acids is 1. The Bertz CT molecular complexity index is 658. The minimum atomic E-state index is -0.444. The van der Waals surface area contributed by atoms with E-state index in [4.69, 9.17) is 5.73 Å². The molecule has 1 aliphatic rings. The molecular weight excluding hydrogens is 270 g/mol. The first-order valence-corrected chi connectivity index (χ1v) is 7.00. The molecule has 2 aromatic rings. The number of fused-ring (bicyclic) bond motifs is 1. The summed E-state index contributed by atoms with van der Waals surface area (Å²) in [7, 11) is 1.86. The lowest BCUT2D eigenvalue weighted by molar-refractivity contribution is -0.132. The van der Waals surface area contributed by atoms with Crippen molar-refractivity contribution in [2.75, 3.05) is 31.1 Å². The van der Waals surface area contributed by atoms with Gasteiger partial charge in [0.05, 0.1) is 17.6 Å². The molecule has 3 heterocycles. The van der Waals surface area contributed by atoms with E-state index < -0.39 is 6.04 Å². The molecule has 0 aromatic carbocycles. The van der Waals surface area contributed by atoms with Crippen molar-refractivity contribution in [1.29, 1.82) is 0 Å². The number of rotatable bonds is 2. The van der Waals surface area contributed by atoms with Gasteiger partial charge in [-0.2, -0.15) is 5.10 Å². The van der Waals surface area contributed by atoms with E-state index in [-0.39, 0.29) is 5.91 Å². The van der Waals surface area contributed by atoms with Crippen LogP contribution in [0.5, 0.6) is 0 Å². The number of anilines is 1. The van der Waals surface area contributed by atoms with Crippen LogP contribution in [0.15, 0.2) is 12.5 Å². The van der Waals surface area contributed by atoms with Gasteiger partial charge in [0.15, 0.2) is 5.65 Å². The van der Waals surface area contributed by atoms with Crippen LogP contribution in [-0.2, 0) is 11.8 Å². The van der Waals surface area contributed by atoms with Crippen molar-refractivity contribution in [2.24, 2.45) is 12.8 Å². The van der Waals surface area contributed by atoms with Gasteiger partial charge in [-0.25, -0.2) is 9.97 Å². The molecule has 1 aliphatic heterocycles. The molecule has 0 spiro atoms. The molecular formula is C13H19N7O. The number of hydrogen-bond acceptors (Lipinski definition) is 6. The highest BCUT2D eigenvalue weighted by Crippen LogP contribution is 2.23. The van der Waals surface area contributed by atoms with Gasteiger partial charge in [0.25, 0.3) is 0 Å². The standard InChI is InChI=1S/C13H19N7O/c1-9(14)13(21)20-5-3-19(4-6-20)12-10-7-17-18(2)11(10)15-8-16-12/h7-9H,3-6,14H2,1-2H3/t9-/m1/s1. The van der Waals surface area contributed by atoms with Crippen LogP contribution in [-0.4, -0.2) is 62.8 Å². The summed E-state index contributed by atoms with van der Waals surface area (Å²) in [6.07, 6.45) is 3.34.